The molecule has 0 spiro atoms. The molecule has 0 radical (unpaired) electrons. The second kappa shape index (κ2) is 14.9. The Morgan fingerprint density at radius 3 is 1.95 bits per heavy atom. The van der Waals surface area contributed by atoms with Gasteiger partial charge in [-0.1, -0.05) is 60.7 Å². The van der Waals surface area contributed by atoms with Crippen LogP contribution >= 0.6 is 8.69 Å². The third-order valence-electron chi connectivity index (χ3n) is 5.62. The van der Waals surface area contributed by atoms with Gasteiger partial charge in [0.1, 0.15) is 6.61 Å². The molecule has 2 aromatic rings. The Morgan fingerprint density at radius 2 is 1.40 bits per heavy atom. The summed E-state index contributed by atoms with van der Waals surface area (Å²) in [4.78, 5) is 37.8. The number of amides is 1. The van der Waals surface area contributed by atoms with E-state index in [9.17, 15) is 18.9 Å². The lowest BCUT2D eigenvalue weighted by Gasteiger charge is -2.38. The number of hydrogen-bond donors (Lipinski definition) is 1. The molecule has 0 heterocycles. The van der Waals surface area contributed by atoms with Crippen LogP contribution in [0.5, 0.6) is 0 Å². The van der Waals surface area contributed by atoms with Gasteiger partial charge in [-0.05, 0) is 59.1 Å². The molecule has 0 aliphatic heterocycles. The molecule has 2 rings (SSSR count). The van der Waals surface area contributed by atoms with Crippen molar-refractivity contribution in [2.45, 2.75) is 66.5 Å². The van der Waals surface area contributed by atoms with E-state index in [0.717, 1.165) is 5.56 Å². The topological polar surface area (TPSA) is 126 Å². The largest absolute Gasteiger partial charge is 0.445 e. The molecule has 0 aliphatic rings. The van der Waals surface area contributed by atoms with Crippen molar-refractivity contribution in [3.05, 3.63) is 71.8 Å². The average molecular weight is 576 g/mol. The standard InChI is InChI=1S/C29H38NO9P/c1-27(2,3)24(31)36-20-37-29(39-40-34,38-25(32)28(4,5)6)23(22-15-11-8-12-16-22)17-18-30-26(33)35-19-21-13-9-7-10-14-21/h7-16,23H,17-20H2,1-6H3,(H,30,33). The van der Waals surface area contributed by atoms with Gasteiger partial charge in [0.2, 0.25) is 0 Å². The van der Waals surface area contributed by atoms with E-state index in [2.05, 4.69) is 5.32 Å². The van der Waals surface area contributed by atoms with Gasteiger partial charge in [-0.25, -0.2) is 13.9 Å². The molecule has 10 nitrogen and oxygen atoms in total. The first-order chi connectivity index (χ1) is 18.8. The van der Waals surface area contributed by atoms with Crippen molar-refractivity contribution in [2.75, 3.05) is 13.3 Å². The monoisotopic (exact) mass is 575 g/mol. The Labute approximate surface area is 237 Å². The summed E-state index contributed by atoms with van der Waals surface area (Å²) in [6, 6.07) is 18.0. The lowest BCUT2D eigenvalue weighted by Crippen LogP contribution is -2.48. The fourth-order valence-electron chi connectivity index (χ4n) is 3.35. The highest BCUT2D eigenvalue weighted by atomic mass is 31.1. The third kappa shape index (κ3) is 10.3. The van der Waals surface area contributed by atoms with Crippen molar-refractivity contribution in [2.24, 2.45) is 10.8 Å². The summed E-state index contributed by atoms with van der Waals surface area (Å²) >= 11 is 0. The van der Waals surface area contributed by atoms with Crippen molar-refractivity contribution in [3.63, 3.8) is 0 Å². The lowest BCUT2D eigenvalue weighted by atomic mass is 9.92. The van der Waals surface area contributed by atoms with E-state index in [1.807, 2.05) is 30.3 Å². The zero-order valence-corrected chi connectivity index (χ0v) is 24.7. The zero-order valence-electron chi connectivity index (χ0n) is 23.8. The van der Waals surface area contributed by atoms with Gasteiger partial charge < -0.3 is 19.5 Å². The number of hydrogen-bond acceptors (Lipinski definition) is 9. The van der Waals surface area contributed by atoms with Gasteiger partial charge in [0.05, 0.1) is 16.7 Å². The lowest BCUT2D eigenvalue weighted by molar-refractivity contribution is -0.356. The van der Waals surface area contributed by atoms with Gasteiger partial charge in [0, 0.05) is 6.54 Å². The Hall–Kier alpha value is -3.33. The van der Waals surface area contributed by atoms with Crippen LogP contribution in [0.4, 0.5) is 4.79 Å². The summed E-state index contributed by atoms with van der Waals surface area (Å²) in [5, 5.41) is 2.67. The second-order valence-electron chi connectivity index (χ2n) is 11.1. The smallest absolute Gasteiger partial charge is 0.407 e. The van der Waals surface area contributed by atoms with E-state index in [1.54, 1.807) is 71.9 Å². The predicted molar refractivity (Wildman–Crippen MR) is 147 cm³/mol. The highest BCUT2D eigenvalue weighted by Crippen LogP contribution is 2.40. The predicted octanol–water partition coefficient (Wildman–Crippen LogP) is 6.12. The molecular formula is C29H38NO9P. The summed E-state index contributed by atoms with van der Waals surface area (Å²) in [5.74, 6) is -4.47. The Balaban J connectivity index is 2.31. The molecule has 218 valence electrons. The molecule has 0 saturated heterocycles. The molecule has 0 fully saturated rings. The van der Waals surface area contributed by atoms with E-state index in [1.165, 1.54) is 0 Å². The second-order valence-corrected chi connectivity index (χ2v) is 11.4. The molecule has 1 amide bonds. The normalized spacial score (nSPS) is 14.1. The van der Waals surface area contributed by atoms with Gasteiger partial charge in [0.15, 0.2) is 6.79 Å². The Morgan fingerprint density at radius 1 is 0.825 bits per heavy atom. The van der Waals surface area contributed by atoms with Crippen LogP contribution in [0.25, 0.3) is 0 Å². The maximum Gasteiger partial charge on any atom is 0.407 e. The quantitative estimate of drug-likeness (QED) is 0.130. The summed E-state index contributed by atoms with van der Waals surface area (Å²) < 4.78 is 39.4. The maximum absolute atomic E-state index is 13.1. The Bertz CT molecular complexity index is 1110. The highest BCUT2D eigenvalue weighted by molar-refractivity contribution is 7.17. The Kier molecular flexibility index (Phi) is 12.2. The van der Waals surface area contributed by atoms with Gasteiger partial charge in [-0.3, -0.25) is 14.3 Å². The SMILES string of the molecule is CC(C)(C)C(=O)OCOC(OP=O)(OC(=O)C(C)(C)C)C(CCNC(=O)OCc1ccccc1)c1ccccc1. The molecule has 2 aromatic carbocycles. The number of nitrogens with one attached hydrogen (secondary N) is 1. The molecule has 0 bridgehead atoms. The fourth-order valence-corrected chi connectivity index (χ4v) is 3.67. The fraction of sp³-hybridized carbons (Fsp3) is 0.483. The minimum atomic E-state index is -2.27. The molecule has 40 heavy (non-hydrogen) atoms. The van der Waals surface area contributed by atoms with Crippen molar-refractivity contribution < 1.29 is 42.4 Å². The number of rotatable bonds is 13. The van der Waals surface area contributed by atoms with Gasteiger partial charge >= 0.3 is 32.7 Å². The number of esters is 2. The van der Waals surface area contributed by atoms with Crippen molar-refractivity contribution in [1.82, 2.24) is 5.32 Å². The third-order valence-corrected chi connectivity index (χ3v) is 5.95. The number of ether oxygens (including phenoxy) is 4. The zero-order chi connectivity index (χ0) is 29.8. The summed E-state index contributed by atoms with van der Waals surface area (Å²) in [5.41, 5.74) is -0.390. The molecule has 1 N–H and O–H groups in total. The minimum absolute atomic E-state index is 0.0479. The van der Waals surface area contributed by atoms with Crippen LogP contribution in [0.15, 0.2) is 60.7 Å². The van der Waals surface area contributed by atoms with Crippen LogP contribution in [0.1, 0.15) is 65.0 Å². The molecule has 2 atom stereocenters. The summed E-state index contributed by atoms with van der Waals surface area (Å²) in [6.07, 6.45) is -0.555. The van der Waals surface area contributed by atoms with Gasteiger partial charge in [-0.2, -0.15) is 0 Å². The van der Waals surface area contributed by atoms with Crippen molar-refractivity contribution in [1.29, 1.82) is 0 Å². The molecule has 0 aliphatic carbocycles. The van der Waals surface area contributed by atoms with Crippen molar-refractivity contribution >= 4 is 26.7 Å². The molecule has 2 unspecified atom stereocenters. The van der Waals surface area contributed by atoms with E-state index in [-0.39, 0.29) is 19.6 Å². The molecule has 0 saturated carbocycles. The van der Waals surface area contributed by atoms with Gasteiger partial charge in [0.25, 0.3) is 0 Å². The first-order valence-electron chi connectivity index (χ1n) is 12.8. The van der Waals surface area contributed by atoms with E-state index < -0.39 is 56.2 Å². The highest BCUT2D eigenvalue weighted by Gasteiger charge is 2.49. The average Bonchev–Trinajstić information content (AvgIpc) is 2.90. The first-order valence-corrected chi connectivity index (χ1v) is 13.6. The van der Waals surface area contributed by atoms with Gasteiger partial charge in [-0.15, -0.1) is 0 Å². The maximum atomic E-state index is 13.1. The van der Waals surface area contributed by atoms with Crippen LogP contribution in [-0.4, -0.2) is 37.3 Å². The number of alkyl carbamates (subject to hydrolysis) is 1. The van der Waals surface area contributed by atoms with Crippen LogP contribution in [0.2, 0.25) is 0 Å². The van der Waals surface area contributed by atoms with Crippen LogP contribution in [0, 0.1) is 10.8 Å². The molecule has 11 heteroatoms. The number of carbonyl (C=O) groups excluding carboxylic acids is 3. The number of carbonyl (C=O) groups is 3. The van der Waals surface area contributed by atoms with Crippen LogP contribution in [-0.2, 0) is 44.2 Å². The molecular weight excluding hydrogens is 537 g/mol. The van der Waals surface area contributed by atoms with Crippen LogP contribution < -0.4 is 5.32 Å². The molecule has 0 aromatic heterocycles. The van der Waals surface area contributed by atoms with Crippen LogP contribution in [0.3, 0.4) is 0 Å². The number of benzene rings is 2. The van der Waals surface area contributed by atoms with Crippen molar-refractivity contribution in [3.8, 4) is 0 Å². The first kappa shape index (κ1) is 32.9. The summed E-state index contributed by atoms with van der Waals surface area (Å²) in [6.45, 7) is 9.40. The summed E-state index contributed by atoms with van der Waals surface area (Å²) in [7, 11) is -0.853. The minimum Gasteiger partial charge on any atom is -0.445 e. The van der Waals surface area contributed by atoms with E-state index >= 15 is 0 Å². The van der Waals surface area contributed by atoms with E-state index in [4.69, 9.17) is 23.5 Å². The van der Waals surface area contributed by atoms with E-state index in [0.29, 0.717) is 5.56 Å².